The van der Waals surface area contributed by atoms with Gasteiger partial charge in [0.1, 0.15) is 12.6 Å². The van der Waals surface area contributed by atoms with Crippen molar-refractivity contribution in [2.45, 2.75) is 6.04 Å². The number of fused-ring (bicyclic) bond motifs is 1. The van der Waals surface area contributed by atoms with Gasteiger partial charge in [-0.2, -0.15) is 0 Å². The van der Waals surface area contributed by atoms with Gasteiger partial charge in [-0.25, -0.2) is 0 Å². The van der Waals surface area contributed by atoms with Gasteiger partial charge in [0, 0.05) is 6.54 Å². The number of carbonyl (C=O) groups excluding carboxylic acids is 3. The van der Waals surface area contributed by atoms with Crippen LogP contribution in [0.5, 0.6) is 0 Å². The molecule has 2 rings (SSSR count). The molecule has 1 aliphatic heterocycles. The quantitative estimate of drug-likeness (QED) is 0.569. The highest BCUT2D eigenvalue weighted by Gasteiger charge is 2.31. The fourth-order valence-electron chi connectivity index (χ4n) is 2.18. The third-order valence-electron chi connectivity index (χ3n) is 3.15. The minimum atomic E-state index is -0.737. The Labute approximate surface area is 123 Å². The lowest BCUT2D eigenvalue weighted by molar-refractivity contribution is -0.140. The SMILES string of the molecule is BC(=O)N[C@H]1CNc2ccccc2N(CC(=O)OC)C1=O. The second-order valence-electron chi connectivity index (χ2n) is 4.65. The lowest BCUT2D eigenvalue weighted by Gasteiger charge is -2.24. The average molecular weight is 289 g/mol. The average Bonchev–Trinajstić information content (AvgIpc) is 2.59. The maximum absolute atomic E-state index is 12.6. The summed E-state index contributed by atoms with van der Waals surface area (Å²) in [4.78, 5) is 36.7. The molecule has 1 aromatic rings. The van der Waals surface area contributed by atoms with Crippen LogP contribution in [0.2, 0.25) is 0 Å². The normalized spacial score (nSPS) is 17.3. The predicted octanol–water partition coefficient (Wildman–Crippen LogP) is -0.671. The molecule has 1 atom stereocenters. The number of hydrogen-bond donors (Lipinski definition) is 2. The number of benzene rings is 1. The molecule has 8 heteroatoms. The molecule has 0 fully saturated rings. The number of hydrogen-bond acceptors (Lipinski definition) is 5. The summed E-state index contributed by atoms with van der Waals surface area (Å²) >= 11 is 0. The fourth-order valence-corrected chi connectivity index (χ4v) is 2.18. The number of esters is 1. The van der Waals surface area contributed by atoms with E-state index in [0.29, 0.717) is 5.69 Å². The van der Waals surface area contributed by atoms with Crippen LogP contribution in [-0.4, -0.2) is 51.8 Å². The van der Waals surface area contributed by atoms with E-state index >= 15 is 0 Å². The number of para-hydroxylation sites is 2. The maximum Gasteiger partial charge on any atom is 0.325 e. The molecule has 7 nitrogen and oxygen atoms in total. The summed E-state index contributed by atoms with van der Waals surface area (Å²) in [5.74, 6) is -1.19. The standard InChI is InChI=1S/C13H16BN3O4/c1-21-11(18)7-17-10-5-3-2-4-8(10)15-6-9(12(17)19)16-13(14)20/h2-5,9,15H,6-7,14H2,1H3,(H,16,20)/t9-/m0/s1. The van der Waals surface area contributed by atoms with Gasteiger partial charge in [-0.05, 0) is 12.1 Å². The highest BCUT2D eigenvalue weighted by atomic mass is 16.5. The van der Waals surface area contributed by atoms with Crippen LogP contribution in [0.3, 0.4) is 0 Å². The van der Waals surface area contributed by atoms with Crippen molar-refractivity contribution < 1.29 is 19.1 Å². The molecule has 0 unspecified atom stereocenters. The monoisotopic (exact) mass is 289 g/mol. The van der Waals surface area contributed by atoms with Crippen LogP contribution in [-0.2, 0) is 14.3 Å². The Morgan fingerprint density at radius 3 is 2.86 bits per heavy atom. The van der Waals surface area contributed by atoms with Crippen LogP contribution in [0, 0.1) is 0 Å². The molecule has 0 spiro atoms. The van der Waals surface area contributed by atoms with Gasteiger partial charge in [-0.3, -0.25) is 19.3 Å². The van der Waals surface area contributed by atoms with Crippen molar-refractivity contribution in [2.24, 2.45) is 0 Å². The Balaban J connectivity index is 2.35. The van der Waals surface area contributed by atoms with Crippen LogP contribution in [0.25, 0.3) is 0 Å². The molecule has 1 aliphatic rings. The molecule has 0 aliphatic carbocycles. The van der Waals surface area contributed by atoms with Crippen molar-refractivity contribution in [2.75, 3.05) is 30.4 Å². The minimum Gasteiger partial charge on any atom is -0.468 e. The van der Waals surface area contributed by atoms with Crippen molar-refractivity contribution in [1.82, 2.24) is 5.32 Å². The summed E-state index contributed by atoms with van der Waals surface area (Å²) in [6.07, 6.45) is 0. The van der Waals surface area contributed by atoms with Crippen molar-refractivity contribution in [1.29, 1.82) is 0 Å². The number of anilines is 2. The van der Waals surface area contributed by atoms with E-state index in [1.165, 1.54) is 19.9 Å². The van der Waals surface area contributed by atoms with Gasteiger partial charge in [0.25, 0.3) is 5.91 Å². The lowest BCUT2D eigenvalue weighted by Crippen LogP contribution is -2.51. The van der Waals surface area contributed by atoms with Crippen molar-refractivity contribution >= 4 is 36.9 Å². The first-order valence-corrected chi connectivity index (χ1v) is 6.51. The van der Waals surface area contributed by atoms with E-state index in [0.717, 1.165) is 5.69 Å². The zero-order valence-corrected chi connectivity index (χ0v) is 11.9. The van der Waals surface area contributed by atoms with E-state index in [9.17, 15) is 14.4 Å². The summed E-state index contributed by atoms with van der Waals surface area (Å²) in [6.45, 7) is 0.0528. The Hall–Kier alpha value is -2.51. The van der Waals surface area contributed by atoms with Gasteiger partial charge in [-0.1, -0.05) is 12.1 Å². The Bertz CT molecular complexity index is 578. The Kier molecular flexibility index (Phi) is 4.47. The lowest BCUT2D eigenvalue weighted by atomic mass is 10.1. The molecular formula is C13H16BN3O4. The van der Waals surface area contributed by atoms with Gasteiger partial charge >= 0.3 is 5.97 Å². The molecule has 0 saturated heterocycles. The molecule has 0 bridgehead atoms. The smallest absolute Gasteiger partial charge is 0.325 e. The molecule has 2 amide bonds. The van der Waals surface area contributed by atoms with Crippen LogP contribution in [0.1, 0.15) is 0 Å². The first kappa shape index (κ1) is 14.9. The fraction of sp³-hybridized carbons (Fsp3) is 0.308. The summed E-state index contributed by atoms with van der Waals surface area (Å²) in [5.41, 5.74) is 1.31. The van der Waals surface area contributed by atoms with Crippen LogP contribution < -0.4 is 15.5 Å². The number of rotatable bonds is 3. The molecule has 1 aromatic carbocycles. The number of carbonyl (C=O) groups is 3. The number of amides is 2. The maximum atomic E-state index is 12.6. The predicted molar refractivity (Wildman–Crippen MR) is 80.2 cm³/mol. The summed E-state index contributed by atoms with van der Waals surface area (Å²) in [6, 6.07) is 6.41. The van der Waals surface area contributed by atoms with Gasteiger partial charge < -0.3 is 15.4 Å². The Morgan fingerprint density at radius 1 is 1.48 bits per heavy atom. The first-order valence-electron chi connectivity index (χ1n) is 6.51. The highest BCUT2D eigenvalue weighted by Crippen LogP contribution is 2.28. The second kappa shape index (κ2) is 6.30. The molecule has 2 N–H and O–H groups in total. The van der Waals surface area contributed by atoms with Gasteiger partial charge in [-0.15, -0.1) is 0 Å². The Morgan fingerprint density at radius 2 is 2.19 bits per heavy atom. The van der Waals surface area contributed by atoms with E-state index in [2.05, 4.69) is 15.4 Å². The number of nitrogens with zero attached hydrogens (tertiary/aromatic N) is 1. The first-order chi connectivity index (χ1) is 10.0. The zero-order valence-electron chi connectivity index (χ0n) is 11.9. The van der Waals surface area contributed by atoms with E-state index in [4.69, 9.17) is 0 Å². The number of nitrogens with one attached hydrogen (secondary N) is 2. The van der Waals surface area contributed by atoms with Crippen molar-refractivity contribution in [3.05, 3.63) is 24.3 Å². The van der Waals surface area contributed by atoms with Crippen LogP contribution in [0.15, 0.2) is 24.3 Å². The largest absolute Gasteiger partial charge is 0.468 e. The van der Waals surface area contributed by atoms with Crippen molar-refractivity contribution in [3.8, 4) is 0 Å². The van der Waals surface area contributed by atoms with Crippen LogP contribution in [0.4, 0.5) is 16.2 Å². The van der Waals surface area contributed by atoms with Gasteiger partial charge in [0.15, 0.2) is 5.81 Å². The van der Waals surface area contributed by atoms with Gasteiger partial charge in [0.05, 0.1) is 18.5 Å². The molecule has 0 saturated carbocycles. The summed E-state index contributed by atoms with van der Waals surface area (Å²) < 4.78 is 4.63. The molecule has 1 heterocycles. The summed E-state index contributed by atoms with van der Waals surface area (Å²) in [7, 11) is 2.61. The topological polar surface area (TPSA) is 87.7 Å². The van der Waals surface area contributed by atoms with Gasteiger partial charge in [0.2, 0.25) is 7.85 Å². The molecular weight excluding hydrogens is 273 g/mol. The van der Waals surface area contributed by atoms with E-state index < -0.39 is 12.0 Å². The highest BCUT2D eigenvalue weighted by molar-refractivity contribution is 6.57. The second-order valence-corrected chi connectivity index (χ2v) is 4.65. The molecule has 21 heavy (non-hydrogen) atoms. The summed E-state index contributed by atoms with van der Waals surface area (Å²) in [5, 5.41) is 5.69. The van der Waals surface area contributed by atoms with E-state index in [1.807, 2.05) is 12.1 Å². The van der Waals surface area contributed by atoms with E-state index in [1.54, 1.807) is 12.1 Å². The number of ether oxygens (including phenoxy) is 1. The molecule has 0 aromatic heterocycles. The molecule has 0 radical (unpaired) electrons. The third-order valence-corrected chi connectivity index (χ3v) is 3.15. The van der Waals surface area contributed by atoms with E-state index in [-0.39, 0.29) is 24.8 Å². The zero-order chi connectivity index (χ0) is 15.4. The third kappa shape index (κ3) is 3.33. The number of methoxy groups -OCH3 is 1. The van der Waals surface area contributed by atoms with Crippen LogP contribution >= 0.6 is 0 Å². The molecule has 110 valence electrons. The van der Waals surface area contributed by atoms with Crippen molar-refractivity contribution in [3.63, 3.8) is 0 Å². The minimum absolute atomic E-state index is 0.204.